The van der Waals surface area contributed by atoms with E-state index >= 15 is 0 Å². The van der Waals surface area contributed by atoms with Crippen LogP contribution in [0, 0.1) is 35.5 Å². The number of rotatable bonds is 12. The summed E-state index contributed by atoms with van der Waals surface area (Å²) in [6.45, 7) is 4.09. The Kier molecular flexibility index (Phi) is 13.1. The number of hydrogen-bond donors (Lipinski definition) is 0. The van der Waals surface area contributed by atoms with Crippen LogP contribution in [-0.2, 0) is 9.47 Å². The van der Waals surface area contributed by atoms with Gasteiger partial charge in [0.2, 0.25) is 0 Å². The van der Waals surface area contributed by atoms with Gasteiger partial charge in [0.1, 0.15) is 0 Å². The van der Waals surface area contributed by atoms with Gasteiger partial charge in [0.15, 0.2) is 0 Å². The molecule has 4 rings (SSSR count). The number of hydrogen-bond acceptors (Lipinski definition) is 2. The van der Waals surface area contributed by atoms with Crippen LogP contribution in [0.3, 0.4) is 0 Å². The molecule has 0 radical (unpaired) electrons. The Labute approximate surface area is 232 Å². The number of ether oxygens (including phenoxy) is 2. The van der Waals surface area contributed by atoms with Gasteiger partial charge in [-0.2, -0.15) is 8.78 Å². The van der Waals surface area contributed by atoms with Crippen molar-refractivity contribution >= 4 is 0 Å². The van der Waals surface area contributed by atoms with Gasteiger partial charge < -0.3 is 9.47 Å². The predicted molar refractivity (Wildman–Crippen MR) is 153 cm³/mol. The monoisotopic (exact) mass is 534 g/mol. The molecule has 3 saturated carbocycles. The molecule has 1 saturated heterocycles. The quantitative estimate of drug-likeness (QED) is 0.183. The van der Waals surface area contributed by atoms with E-state index in [0.29, 0.717) is 18.6 Å². The summed E-state index contributed by atoms with van der Waals surface area (Å²) in [5.41, 5.74) is 0. The van der Waals surface area contributed by atoms with Crippen molar-refractivity contribution in [2.45, 2.75) is 141 Å². The van der Waals surface area contributed by atoms with Crippen molar-refractivity contribution in [1.82, 2.24) is 0 Å². The zero-order chi connectivity index (χ0) is 26.6. The van der Waals surface area contributed by atoms with Gasteiger partial charge in [-0.05, 0) is 138 Å². The highest BCUT2D eigenvalue weighted by Crippen LogP contribution is 2.41. The summed E-state index contributed by atoms with van der Waals surface area (Å²) in [4.78, 5) is 0. The SMILES string of the molecule is CC=CC1CCC(C2CCC(C3CCC(OCCCC4CCC(CCCC=C(F)F)CC4)CC3)CO2)CC1. The van der Waals surface area contributed by atoms with E-state index in [2.05, 4.69) is 19.1 Å². The molecular weight excluding hydrogens is 478 g/mol. The molecule has 0 aromatic heterocycles. The molecule has 0 amide bonds. The summed E-state index contributed by atoms with van der Waals surface area (Å²) in [6.07, 6.45) is 28.7. The van der Waals surface area contributed by atoms with Gasteiger partial charge in [-0.1, -0.05) is 44.3 Å². The smallest absolute Gasteiger partial charge is 0.266 e. The van der Waals surface area contributed by atoms with Crippen LogP contribution in [0.15, 0.2) is 24.3 Å². The lowest BCUT2D eigenvalue weighted by Crippen LogP contribution is -2.37. The predicted octanol–water partition coefficient (Wildman–Crippen LogP) is 10.3. The molecule has 4 aliphatic rings. The molecule has 38 heavy (non-hydrogen) atoms. The fraction of sp³-hybridized carbons (Fsp3) is 0.882. The van der Waals surface area contributed by atoms with Crippen molar-refractivity contribution in [2.24, 2.45) is 35.5 Å². The largest absolute Gasteiger partial charge is 0.378 e. The molecule has 0 spiro atoms. The molecular formula is C34H56F2O2. The summed E-state index contributed by atoms with van der Waals surface area (Å²) in [5, 5.41) is 0. The molecule has 2 nitrogen and oxygen atoms in total. The van der Waals surface area contributed by atoms with E-state index in [9.17, 15) is 8.78 Å². The molecule has 0 aromatic rings. The summed E-state index contributed by atoms with van der Waals surface area (Å²) >= 11 is 0. The fourth-order valence-electron chi connectivity index (χ4n) is 8.29. The van der Waals surface area contributed by atoms with Gasteiger partial charge in [0.05, 0.1) is 18.8 Å². The van der Waals surface area contributed by atoms with E-state index in [-0.39, 0.29) is 0 Å². The topological polar surface area (TPSA) is 18.5 Å². The maximum Gasteiger partial charge on any atom is 0.266 e. The molecule has 1 heterocycles. The standard InChI is InChI=1S/C34H56F2O2/c1-2-6-26-14-16-30(17-15-26)33-23-20-31(25-38-33)29-18-21-32(22-19-29)37-24-5-8-28-12-10-27(11-13-28)7-3-4-9-34(35)36/h2,6,9,26-33H,3-5,7-8,10-25H2,1H3. The third-order valence-corrected chi connectivity index (χ3v) is 10.7. The van der Waals surface area contributed by atoms with Crippen LogP contribution < -0.4 is 0 Å². The van der Waals surface area contributed by atoms with E-state index in [4.69, 9.17) is 9.47 Å². The van der Waals surface area contributed by atoms with E-state index in [1.807, 2.05) is 0 Å². The average molecular weight is 535 g/mol. The first-order valence-corrected chi connectivity index (χ1v) is 16.5. The molecule has 1 aliphatic heterocycles. The van der Waals surface area contributed by atoms with E-state index in [1.54, 1.807) is 0 Å². The van der Waals surface area contributed by atoms with Crippen molar-refractivity contribution < 1.29 is 18.3 Å². The minimum absolute atomic E-state index is 0.481. The highest BCUT2D eigenvalue weighted by Gasteiger charge is 2.35. The van der Waals surface area contributed by atoms with Gasteiger partial charge in [-0.3, -0.25) is 0 Å². The number of halogens is 2. The summed E-state index contributed by atoms with van der Waals surface area (Å²) in [7, 11) is 0. The lowest BCUT2D eigenvalue weighted by atomic mass is 9.73. The minimum Gasteiger partial charge on any atom is -0.378 e. The Bertz CT molecular complexity index is 685. The molecule has 3 aliphatic carbocycles. The van der Waals surface area contributed by atoms with Crippen molar-refractivity contribution in [2.75, 3.05) is 13.2 Å². The third kappa shape index (κ3) is 10.0. The fourth-order valence-corrected chi connectivity index (χ4v) is 8.29. The Balaban J connectivity index is 1.00. The zero-order valence-electron chi connectivity index (χ0n) is 24.3. The summed E-state index contributed by atoms with van der Waals surface area (Å²) < 4.78 is 37.1. The van der Waals surface area contributed by atoms with E-state index in [0.717, 1.165) is 67.6 Å². The van der Waals surface area contributed by atoms with Gasteiger partial charge in [-0.25, -0.2) is 0 Å². The highest BCUT2D eigenvalue weighted by atomic mass is 19.3. The van der Waals surface area contributed by atoms with Crippen molar-refractivity contribution in [3.8, 4) is 0 Å². The Morgan fingerprint density at radius 1 is 0.737 bits per heavy atom. The Hall–Kier alpha value is -0.740. The third-order valence-electron chi connectivity index (χ3n) is 10.7. The van der Waals surface area contributed by atoms with Gasteiger partial charge >= 0.3 is 0 Å². The lowest BCUT2D eigenvalue weighted by molar-refractivity contribution is -0.0778. The Morgan fingerprint density at radius 3 is 1.97 bits per heavy atom. The Morgan fingerprint density at radius 2 is 1.37 bits per heavy atom. The molecule has 4 heteroatoms. The number of unbranched alkanes of at least 4 members (excludes halogenated alkanes) is 1. The lowest BCUT2D eigenvalue weighted by Gasteiger charge is -2.41. The normalized spacial score (nSPS) is 36.8. The molecule has 4 fully saturated rings. The molecule has 0 bridgehead atoms. The molecule has 2 unspecified atom stereocenters. The first-order valence-electron chi connectivity index (χ1n) is 16.5. The van der Waals surface area contributed by atoms with Crippen molar-refractivity contribution in [3.63, 3.8) is 0 Å². The highest BCUT2D eigenvalue weighted by molar-refractivity contribution is 4.91. The van der Waals surface area contributed by atoms with Crippen LogP contribution in [0.1, 0.15) is 129 Å². The second-order valence-corrected chi connectivity index (χ2v) is 13.3. The molecule has 218 valence electrons. The van der Waals surface area contributed by atoms with Crippen LogP contribution in [-0.4, -0.2) is 25.4 Å². The first-order chi connectivity index (χ1) is 18.6. The summed E-state index contributed by atoms with van der Waals surface area (Å²) in [6, 6.07) is 0. The van der Waals surface area contributed by atoms with E-state index in [1.165, 1.54) is 103 Å². The first kappa shape index (κ1) is 30.2. The van der Waals surface area contributed by atoms with Crippen LogP contribution in [0.2, 0.25) is 0 Å². The minimum atomic E-state index is -1.52. The van der Waals surface area contributed by atoms with Crippen LogP contribution in [0.4, 0.5) is 8.78 Å². The second kappa shape index (κ2) is 16.5. The van der Waals surface area contributed by atoms with Gasteiger partial charge in [0, 0.05) is 6.61 Å². The van der Waals surface area contributed by atoms with Crippen molar-refractivity contribution in [3.05, 3.63) is 24.3 Å². The van der Waals surface area contributed by atoms with Gasteiger partial charge in [-0.15, -0.1) is 0 Å². The maximum atomic E-state index is 12.1. The molecule has 0 N–H and O–H groups in total. The molecule has 2 atom stereocenters. The van der Waals surface area contributed by atoms with Crippen LogP contribution in [0.25, 0.3) is 0 Å². The zero-order valence-corrected chi connectivity index (χ0v) is 24.3. The molecule has 0 aromatic carbocycles. The maximum absolute atomic E-state index is 12.1. The second-order valence-electron chi connectivity index (χ2n) is 13.3. The van der Waals surface area contributed by atoms with Gasteiger partial charge in [0.25, 0.3) is 6.08 Å². The average Bonchev–Trinajstić information content (AvgIpc) is 2.95. The van der Waals surface area contributed by atoms with Crippen LogP contribution in [0.5, 0.6) is 0 Å². The van der Waals surface area contributed by atoms with E-state index < -0.39 is 6.08 Å². The van der Waals surface area contributed by atoms with Crippen molar-refractivity contribution in [1.29, 1.82) is 0 Å². The summed E-state index contributed by atoms with van der Waals surface area (Å²) in [5.74, 6) is 4.86. The number of allylic oxidation sites excluding steroid dienone is 3. The van der Waals surface area contributed by atoms with Crippen LogP contribution >= 0.6 is 0 Å².